The molecule has 0 aliphatic heterocycles. The van der Waals surface area contributed by atoms with Gasteiger partial charge in [0, 0.05) is 17.3 Å². The summed E-state index contributed by atoms with van der Waals surface area (Å²) < 4.78 is 0. The summed E-state index contributed by atoms with van der Waals surface area (Å²) in [4.78, 5) is 0. The van der Waals surface area contributed by atoms with E-state index in [9.17, 15) is 5.11 Å². The van der Waals surface area contributed by atoms with Crippen molar-refractivity contribution in [1.82, 2.24) is 10.2 Å². The van der Waals surface area contributed by atoms with Crippen molar-refractivity contribution in [3.63, 3.8) is 0 Å². The fourth-order valence-electron chi connectivity index (χ4n) is 2.68. The van der Waals surface area contributed by atoms with Crippen LogP contribution in [-0.4, -0.2) is 28.0 Å². The minimum absolute atomic E-state index is 0.102. The molecule has 1 aromatic carbocycles. The Labute approximate surface area is 93.5 Å². The smallest absolute Gasteiger partial charge is 0.0923 e. The van der Waals surface area contributed by atoms with E-state index >= 15 is 0 Å². The van der Waals surface area contributed by atoms with Crippen LogP contribution in [0.15, 0.2) is 24.3 Å². The zero-order valence-corrected chi connectivity index (χ0v) is 8.98. The molecule has 1 aromatic heterocycles. The van der Waals surface area contributed by atoms with E-state index in [1.54, 1.807) is 0 Å². The van der Waals surface area contributed by atoms with Gasteiger partial charge in [0.25, 0.3) is 0 Å². The molecule has 1 saturated carbocycles. The van der Waals surface area contributed by atoms with Gasteiger partial charge in [-0.05, 0) is 18.9 Å². The second-order valence-corrected chi connectivity index (χ2v) is 4.66. The van der Waals surface area contributed by atoms with Gasteiger partial charge in [0.15, 0.2) is 0 Å². The number of H-pyrrole nitrogens is 1. The Kier molecular flexibility index (Phi) is 2.02. The number of rotatable bonds is 2. The van der Waals surface area contributed by atoms with E-state index in [1.165, 1.54) is 0 Å². The van der Waals surface area contributed by atoms with Crippen LogP contribution >= 0.6 is 0 Å². The Hall–Kier alpha value is -1.39. The third-order valence-corrected chi connectivity index (χ3v) is 3.64. The molecule has 0 atom stereocenters. The first-order chi connectivity index (χ1) is 7.75. The van der Waals surface area contributed by atoms with Gasteiger partial charge in [-0.25, -0.2) is 0 Å². The summed E-state index contributed by atoms with van der Waals surface area (Å²) in [5.74, 6) is 0. The zero-order valence-electron chi connectivity index (χ0n) is 8.98. The molecule has 4 nitrogen and oxygen atoms in total. The van der Waals surface area contributed by atoms with E-state index in [0.29, 0.717) is 6.54 Å². The van der Waals surface area contributed by atoms with Gasteiger partial charge >= 0.3 is 0 Å². The van der Waals surface area contributed by atoms with Crippen molar-refractivity contribution >= 4 is 10.9 Å². The highest BCUT2D eigenvalue weighted by Crippen LogP contribution is 2.44. The molecule has 0 bridgehead atoms. The molecular formula is C12H15N3O. The van der Waals surface area contributed by atoms with Crippen molar-refractivity contribution in [3.05, 3.63) is 30.0 Å². The number of aromatic amines is 1. The van der Waals surface area contributed by atoms with Crippen LogP contribution in [0.5, 0.6) is 0 Å². The van der Waals surface area contributed by atoms with Crippen molar-refractivity contribution in [2.45, 2.75) is 24.4 Å². The molecular weight excluding hydrogens is 202 g/mol. The van der Waals surface area contributed by atoms with Gasteiger partial charge < -0.3 is 10.8 Å². The summed E-state index contributed by atoms with van der Waals surface area (Å²) >= 11 is 0. The molecule has 0 saturated heterocycles. The van der Waals surface area contributed by atoms with Gasteiger partial charge in [0.1, 0.15) is 0 Å². The van der Waals surface area contributed by atoms with Crippen molar-refractivity contribution in [2.75, 3.05) is 6.54 Å². The quantitative estimate of drug-likeness (QED) is 0.700. The second kappa shape index (κ2) is 3.30. The lowest BCUT2D eigenvalue weighted by molar-refractivity contribution is 0.0207. The maximum atomic E-state index is 9.50. The molecule has 84 valence electrons. The summed E-state index contributed by atoms with van der Waals surface area (Å²) in [5, 5.41) is 18.0. The number of aromatic nitrogens is 2. The zero-order chi connectivity index (χ0) is 11.2. The van der Waals surface area contributed by atoms with Crippen molar-refractivity contribution in [3.8, 4) is 0 Å². The molecule has 2 aromatic rings. The lowest BCUT2D eigenvalue weighted by Crippen LogP contribution is -2.50. The Morgan fingerprint density at radius 3 is 2.88 bits per heavy atom. The monoisotopic (exact) mass is 217 g/mol. The van der Waals surface area contributed by atoms with Crippen LogP contribution in [-0.2, 0) is 5.41 Å². The highest BCUT2D eigenvalue weighted by atomic mass is 16.3. The summed E-state index contributed by atoms with van der Waals surface area (Å²) in [5.41, 5.74) is 7.80. The summed E-state index contributed by atoms with van der Waals surface area (Å²) in [6, 6.07) is 8.00. The number of nitrogens with one attached hydrogen (secondary N) is 1. The summed E-state index contributed by atoms with van der Waals surface area (Å²) in [6.45, 7) is 0.552. The van der Waals surface area contributed by atoms with Gasteiger partial charge in [-0.15, -0.1) is 0 Å². The van der Waals surface area contributed by atoms with Crippen LogP contribution in [0.3, 0.4) is 0 Å². The van der Waals surface area contributed by atoms with Gasteiger partial charge in [-0.3, -0.25) is 5.10 Å². The van der Waals surface area contributed by atoms with E-state index in [1.807, 2.05) is 18.2 Å². The number of aliphatic hydroxyl groups is 1. The molecule has 16 heavy (non-hydrogen) atoms. The van der Waals surface area contributed by atoms with Crippen LogP contribution in [0.25, 0.3) is 10.9 Å². The Morgan fingerprint density at radius 2 is 2.19 bits per heavy atom. The maximum absolute atomic E-state index is 9.50. The van der Waals surface area contributed by atoms with E-state index in [2.05, 4.69) is 16.3 Å². The Morgan fingerprint density at radius 1 is 1.44 bits per heavy atom. The summed E-state index contributed by atoms with van der Waals surface area (Å²) in [7, 11) is 0. The number of hydrogen-bond donors (Lipinski definition) is 3. The maximum Gasteiger partial charge on any atom is 0.0923 e. The minimum Gasteiger partial charge on any atom is -0.393 e. The topological polar surface area (TPSA) is 74.9 Å². The molecule has 1 aliphatic carbocycles. The molecule has 1 aliphatic rings. The first kappa shape index (κ1) is 9.81. The van der Waals surface area contributed by atoms with Gasteiger partial charge in [0.2, 0.25) is 0 Å². The first-order valence-electron chi connectivity index (χ1n) is 5.57. The number of nitrogens with zero attached hydrogens (tertiary/aromatic N) is 1. The largest absolute Gasteiger partial charge is 0.393 e. The Balaban J connectivity index is 2.12. The predicted octanol–water partition coefficient (Wildman–Crippen LogP) is 0.914. The third-order valence-electron chi connectivity index (χ3n) is 3.64. The standard InChI is InChI=1S/C12H15N3O/c13-7-12(5-8(16)6-12)11-9-3-1-2-4-10(9)14-15-11/h1-4,8,16H,5-7,13H2,(H,14,15). The van der Waals surface area contributed by atoms with Crippen LogP contribution in [0.4, 0.5) is 0 Å². The Bertz CT molecular complexity index is 514. The van der Waals surface area contributed by atoms with E-state index in [4.69, 9.17) is 5.73 Å². The fourth-order valence-corrected chi connectivity index (χ4v) is 2.68. The van der Waals surface area contributed by atoms with Crippen LogP contribution in [0, 0.1) is 0 Å². The van der Waals surface area contributed by atoms with Crippen LogP contribution in [0.1, 0.15) is 18.5 Å². The molecule has 3 rings (SSSR count). The molecule has 0 radical (unpaired) electrons. The van der Waals surface area contributed by atoms with Gasteiger partial charge in [0.05, 0.1) is 17.3 Å². The predicted molar refractivity (Wildman–Crippen MR) is 62.1 cm³/mol. The fraction of sp³-hybridized carbons (Fsp3) is 0.417. The van der Waals surface area contributed by atoms with Crippen molar-refractivity contribution in [1.29, 1.82) is 0 Å². The average Bonchev–Trinajstić information content (AvgIpc) is 2.68. The lowest BCUT2D eigenvalue weighted by Gasteiger charge is -2.44. The number of nitrogens with two attached hydrogens (primary N) is 1. The summed E-state index contributed by atoms with van der Waals surface area (Å²) in [6.07, 6.45) is 1.25. The molecule has 0 amide bonds. The minimum atomic E-state index is -0.217. The normalized spacial score (nSPS) is 29.2. The molecule has 4 N–H and O–H groups in total. The average molecular weight is 217 g/mol. The highest BCUT2D eigenvalue weighted by Gasteiger charge is 2.45. The van der Waals surface area contributed by atoms with Crippen LogP contribution in [0.2, 0.25) is 0 Å². The van der Waals surface area contributed by atoms with E-state index < -0.39 is 0 Å². The molecule has 0 spiro atoms. The lowest BCUT2D eigenvalue weighted by atomic mass is 9.64. The third kappa shape index (κ3) is 1.20. The molecule has 0 unspecified atom stereocenters. The van der Waals surface area contributed by atoms with Crippen LogP contribution < -0.4 is 5.73 Å². The highest BCUT2D eigenvalue weighted by molar-refractivity contribution is 5.82. The molecule has 1 fully saturated rings. The second-order valence-electron chi connectivity index (χ2n) is 4.66. The van der Waals surface area contributed by atoms with Crippen molar-refractivity contribution in [2.24, 2.45) is 5.73 Å². The SMILES string of the molecule is NCC1(c2[nH]nc3ccccc23)CC(O)C1. The van der Waals surface area contributed by atoms with Gasteiger partial charge in [-0.1, -0.05) is 18.2 Å². The van der Waals surface area contributed by atoms with Gasteiger partial charge in [-0.2, -0.15) is 5.10 Å². The number of fused-ring (bicyclic) bond motifs is 1. The first-order valence-corrected chi connectivity index (χ1v) is 5.57. The van der Waals surface area contributed by atoms with E-state index in [-0.39, 0.29) is 11.5 Å². The number of aliphatic hydroxyl groups excluding tert-OH is 1. The van der Waals surface area contributed by atoms with Crippen molar-refractivity contribution < 1.29 is 5.11 Å². The van der Waals surface area contributed by atoms with E-state index in [0.717, 1.165) is 29.4 Å². The number of hydrogen-bond acceptors (Lipinski definition) is 3. The number of benzene rings is 1. The molecule has 1 heterocycles. The molecule has 4 heteroatoms. The number of para-hydroxylation sites is 1.